The molecule has 2 aliphatic carbocycles. The number of benzene rings is 2. The average Bonchev–Trinajstić information content (AvgIpc) is 3.48. The molecule has 2 saturated carbocycles. The predicted molar refractivity (Wildman–Crippen MR) is 178 cm³/mol. The Kier molecular flexibility index (Phi) is 5.96. The van der Waals surface area contributed by atoms with E-state index < -0.39 is 0 Å². The van der Waals surface area contributed by atoms with Gasteiger partial charge in [-0.05, 0) is 85.4 Å². The third-order valence-electron chi connectivity index (χ3n) is 10.5. The fourth-order valence-electron chi connectivity index (χ4n) is 7.92. The van der Waals surface area contributed by atoms with E-state index in [9.17, 15) is 9.59 Å². The molecule has 10 nitrogen and oxygen atoms in total. The van der Waals surface area contributed by atoms with Crippen molar-refractivity contribution in [2.75, 3.05) is 13.7 Å². The first-order valence-electron chi connectivity index (χ1n) is 16.1. The fraction of sp³-hybridized carbons (Fsp3) is 0.333. The molecule has 5 heterocycles. The van der Waals surface area contributed by atoms with Crippen molar-refractivity contribution in [2.45, 2.75) is 44.3 Å². The molecule has 4 aromatic heterocycles. The molecule has 46 heavy (non-hydrogen) atoms. The van der Waals surface area contributed by atoms with Crippen molar-refractivity contribution in [3.8, 4) is 28.5 Å². The number of hydrogen-bond donors (Lipinski definition) is 2. The number of H-pyrrole nitrogens is 1. The maximum absolute atomic E-state index is 13.8. The van der Waals surface area contributed by atoms with Crippen LogP contribution in [0.4, 0.5) is 0 Å². The minimum atomic E-state index is -0.113. The Labute approximate surface area is 264 Å². The fourth-order valence-corrected chi connectivity index (χ4v) is 7.92. The first kappa shape index (κ1) is 27.4. The maximum Gasteiger partial charge on any atom is 0.255 e. The lowest BCUT2D eigenvalue weighted by Gasteiger charge is -2.27. The molecule has 0 radical (unpaired) electrons. The van der Waals surface area contributed by atoms with Crippen molar-refractivity contribution in [2.24, 2.45) is 24.6 Å². The molecule has 1 aliphatic heterocycles. The van der Waals surface area contributed by atoms with E-state index >= 15 is 0 Å². The minimum absolute atomic E-state index is 0.00921. The maximum atomic E-state index is 13.8. The second-order valence-electron chi connectivity index (χ2n) is 13.2. The van der Waals surface area contributed by atoms with E-state index in [-0.39, 0.29) is 23.6 Å². The number of methoxy groups -OCH3 is 1. The smallest absolute Gasteiger partial charge is 0.255 e. The predicted octanol–water partition coefficient (Wildman–Crippen LogP) is 5.08. The largest absolute Gasteiger partial charge is 0.494 e. The first-order chi connectivity index (χ1) is 22.4. The van der Waals surface area contributed by atoms with Crippen LogP contribution >= 0.6 is 0 Å². The van der Waals surface area contributed by atoms with Gasteiger partial charge in [-0.15, -0.1) is 0 Å². The molecule has 9 rings (SSSR count). The summed E-state index contributed by atoms with van der Waals surface area (Å²) < 4.78 is 10.2. The summed E-state index contributed by atoms with van der Waals surface area (Å²) in [6.07, 6.45) is 6.12. The van der Waals surface area contributed by atoms with Crippen molar-refractivity contribution in [3.63, 3.8) is 0 Å². The Morgan fingerprint density at radius 2 is 1.91 bits per heavy atom. The normalized spacial score (nSPS) is 20.8. The molecule has 232 valence electrons. The van der Waals surface area contributed by atoms with Gasteiger partial charge in [0, 0.05) is 60.3 Å². The van der Waals surface area contributed by atoms with E-state index in [0.717, 1.165) is 64.1 Å². The number of aromatic amines is 1. The summed E-state index contributed by atoms with van der Waals surface area (Å²) in [5.41, 5.74) is 12.0. The van der Waals surface area contributed by atoms with Crippen LogP contribution in [0.3, 0.4) is 0 Å². The zero-order valence-electron chi connectivity index (χ0n) is 25.9. The number of amides is 1. The SMILES string of the molecule is COc1cc(C(=O)N2CC3CCC2[C@@H]3N)cc2nc(-c3cc4ccc(-c5cccc6c(=O)[nH]ccc56)nc4n3CC3CC3)n(C)c12. The molecule has 0 spiro atoms. The Hall–Kier alpha value is -4.96. The molecule has 2 aromatic carbocycles. The third-order valence-corrected chi connectivity index (χ3v) is 10.5. The van der Waals surface area contributed by atoms with Crippen LogP contribution in [0.25, 0.3) is 55.6 Å². The van der Waals surface area contributed by atoms with E-state index in [0.29, 0.717) is 40.6 Å². The molecule has 1 saturated heterocycles. The number of ether oxygens (including phenoxy) is 1. The van der Waals surface area contributed by atoms with Gasteiger partial charge in [-0.3, -0.25) is 9.59 Å². The number of rotatable bonds is 6. The van der Waals surface area contributed by atoms with Crippen LogP contribution in [0.1, 0.15) is 36.0 Å². The lowest BCUT2D eigenvalue weighted by atomic mass is 10.0. The number of likely N-dealkylation sites (tertiary alicyclic amines) is 1. The quantitative estimate of drug-likeness (QED) is 0.270. The van der Waals surface area contributed by atoms with Gasteiger partial charge in [-0.1, -0.05) is 12.1 Å². The molecule has 10 heteroatoms. The number of carbonyl (C=O) groups is 1. The molecule has 3 N–H and O–H groups in total. The van der Waals surface area contributed by atoms with Crippen LogP contribution in [-0.4, -0.2) is 60.6 Å². The number of fused-ring (bicyclic) bond motifs is 5. The van der Waals surface area contributed by atoms with Crippen LogP contribution in [0.5, 0.6) is 5.75 Å². The number of aryl methyl sites for hydroxylation is 1. The van der Waals surface area contributed by atoms with Gasteiger partial charge in [0.1, 0.15) is 16.9 Å². The molecule has 3 atom stereocenters. The Bertz CT molecular complexity index is 2280. The monoisotopic (exact) mass is 613 g/mol. The van der Waals surface area contributed by atoms with Gasteiger partial charge < -0.3 is 29.5 Å². The number of nitrogens with two attached hydrogens (primary N) is 1. The highest BCUT2D eigenvalue weighted by atomic mass is 16.5. The molecule has 2 unspecified atom stereocenters. The average molecular weight is 614 g/mol. The number of nitrogens with one attached hydrogen (secondary N) is 1. The Balaban J connectivity index is 1.18. The number of carbonyl (C=O) groups excluding carboxylic acids is 1. The van der Waals surface area contributed by atoms with Crippen molar-refractivity contribution < 1.29 is 9.53 Å². The van der Waals surface area contributed by atoms with Crippen molar-refractivity contribution in [1.29, 1.82) is 0 Å². The summed E-state index contributed by atoms with van der Waals surface area (Å²) >= 11 is 0. The molecular formula is C36H35N7O3. The van der Waals surface area contributed by atoms with Gasteiger partial charge >= 0.3 is 0 Å². The summed E-state index contributed by atoms with van der Waals surface area (Å²) in [5.74, 6) is 2.37. The second kappa shape index (κ2) is 10.0. The van der Waals surface area contributed by atoms with Crippen LogP contribution in [0.2, 0.25) is 0 Å². The number of aromatic nitrogens is 5. The number of nitrogens with zero attached hydrogens (tertiary/aromatic N) is 5. The number of hydrogen-bond acceptors (Lipinski definition) is 6. The standard InChI is InChI=1S/C36H35N7O3/c1-41-32-27(14-22(16-30(32)46-2)36(45)43-18-21-9-11-28(43)31(21)37)40-34(41)29-15-20-8-10-26(39-33(20)42(29)17-19-6-7-19)24-4-3-5-25-23(24)12-13-38-35(25)44/h3-5,8,10,12-16,19,21,28,31H,6-7,9,11,17-18,37H2,1-2H3,(H,38,44)/t21?,28?,31-/m1/s1. The van der Waals surface area contributed by atoms with Crippen molar-refractivity contribution in [3.05, 3.63) is 76.7 Å². The van der Waals surface area contributed by atoms with Crippen LogP contribution < -0.4 is 16.0 Å². The summed E-state index contributed by atoms with van der Waals surface area (Å²) in [7, 11) is 3.64. The summed E-state index contributed by atoms with van der Waals surface area (Å²) in [6.45, 7) is 1.55. The zero-order chi connectivity index (χ0) is 31.3. The van der Waals surface area contributed by atoms with Crippen LogP contribution in [0, 0.1) is 11.8 Å². The molecular weight excluding hydrogens is 578 g/mol. The summed E-state index contributed by atoms with van der Waals surface area (Å²) in [5, 5.41) is 2.53. The van der Waals surface area contributed by atoms with Gasteiger partial charge in [0.15, 0.2) is 5.82 Å². The van der Waals surface area contributed by atoms with Gasteiger partial charge in [0.25, 0.3) is 11.5 Å². The van der Waals surface area contributed by atoms with E-state index in [4.69, 9.17) is 20.4 Å². The number of piperidine rings is 1. The number of imidazole rings is 1. The van der Waals surface area contributed by atoms with Gasteiger partial charge in [-0.25, -0.2) is 9.97 Å². The van der Waals surface area contributed by atoms with Crippen LogP contribution in [-0.2, 0) is 13.6 Å². The van der Waals surface area contributed by atoms with E-state index in [2.05, 4.69) is 26.3 Å². The van der Waals surface area contributed by atoms with Crippen LogP contribution in [0.15, 0.2) is 65.6 Å². The van der Waals surface area contributed by atoms with Gasteiger partial charge in [0.05, 0.1) is 24.0 Å². The minimum Gasteiger partial charge on any atom is -0.494 e. The summed E-state index contributed by atoms with van der Waals surface area (Å²) in [4.78, 5) is 41.3. The molecule has 6 aromatic rings. The summed E-state index contributed by atoms with van der Waals surface area (Å²) in [6, 6.07) is 17.9. The highest BCUT2D eigenvalue weighted by Gasteiger charge is 2.47. The van der Waals surface area contributed by atoms with Crippen molar-refractivity contribution >= 4 is 38.7 Å². The molecule has 1 amide bonds. The van der Waals surface area contributed by atoms with Gasteiger partial charge in [-0.2, -0.15) is 0 Å². The van der Waals surface area contributed by atoms with E-state index in [1.165, 1.54) is 12.8 Å². The third kappa shape index (κ3) is 4.05. The second-order valence-corrected chi connectivity index (χ2v) is 13.2. The molecule has 2 bridgehead atoms. The highest BCUT2D eigenvalue weighted by Crippen LogP contribution is 2.40. The molecule has 3 fully saturated rings. The lowest BCUT2D eigenvalue weighted by molar-refractivity contribution is 0.0700. The molecule has 3 aliphatic rings. The topological polar surface area (TPSA) is 124 Å². The Morgan fingerprint density at radius 1 is 1.04 bits per heavy atom. The van der Waals surface area contributed by atoms with E-state index in [1.54, 1.807) is 13.3 Å². The van der Waals surface area contributed by atoms with E-state index in [1.807, 2.05) is 54.4 Å². The first-order valence-corrected chi connectivity index (χ1v) is 16.1. The van der Waals surface area contributed by atoms with Crippen molar-refractivity contribution in [1.82, 2.24) is 29.0 Å². The lowest BCUT2D eigenvalue weighted by Crippen LogP contribution is -2.41. The van der Waals surface area contributed by atoms with Gasteiger partial charge in [0.2, 0.25) is 0 Å². The Morgan fingerprint density at radius 3 is 2.67 bits per heavy atom. The highest BCUT2D eigenvalue weighted by molar-refractivity contribution is 6.01. The zero-order valence-corrected chi connectivity index (χ0v) is 25.9. The number of pyridine rings is 2.